The Labute approximate surface area is 181 Å². The minimum Gasteiger partial charge on any atom is -0.372 e. The average Bonchev–Trinajstić information content (AvgIpc) is 2.67. The van der Waals surface area contributed by atoms with Gasteiger partial charge in [0.1, 0.15) is 0 Å². The molecule has 2 heterocycles. The summed E-state index contributed by atoms with van der Waals surface area (Å²) >= 11 is 7.86. The Balaban J connectivity index is 1.68. The zero-order valence-electron chi connectivity index (χ0n) is 16.1. The minimum absolute atomic E-state index is 0.0653. The summed E-state index contributed by atoms with van der Waals surface area (Å²) in [5.74, 6) is 0.0799. The Morgan fingerprint density at radius 3 is 2.83 bits per heavy atom. The normalized spacial score (nSPS) is 12.7. The van der Waals surface area contributed by atoms with Gasteiger partial charge < -0.3 is 10.5 Å². The molecule has 1 aromatic heterocycles. The number of thioether (sulfide) groups is 1. The van der Waals surface area contributed by atoms with Gasteiger partial charge in [0.25, 0.3) is 0 Å². The van der Waals surface area contributed by atoms with Gasteiger partial charge in [-0.1, -0.05) is 41.6 Å². The SMILES string of the molecule is CC(=O)NC(=O)CCSc1nc(N)nc(-c2c(Cl)cc3c4c(cccc24)COC3)n1. The number of carbonyl (C=O) groups excluding carboxylic acids is 2. The predicted octanol–water partition coefficient (Wildman–Crippen LogP) is 3.10. The van der Waals surface area contributed by atoms with E-state index in [0.29, 0.717) is 40.5 Å². The molecule has 2 aromatic carbocycles. The number of aromatic nitrogens is 3. The van der Waals surface area contributed by atoms with E-state index >= 15 is 0 Å². The first kappa shape index (κ1) is 20.5. The Bertz CT molecular complexity index is 1170. The number of halogens is 1. The molecule has 3 N–H and O–H groups in total. The number of nitrogen functional groups attached to an aromatic ring is 1. The van der Waals surface area contributed by atoms with E-state index in [-0.39, 0.29) is 24.2 Å². The molecule has 0 atom stereocenters. The van der Waals surface area contributed by atoms with E-state index in [2.05, 4.69) is 20.3 Å². The summed E-state index contributed by atoms with van der Waals surface area (Å²) in [6, 6.07) is 7.83. The number of amides is 2. The van der Waals surface area contributed by atoms with Crippen LogP contribution in [0.3, 0.4) is 0 Å². The summed E-state index contributed by atoms with van der Waals surface area (Å²) in [4.78, 5) is 35.5. The lowest BCUT2D eigenvalue weighted by atomic mass is 9.94. The van der Waals surface area contributed by atoms with Crippen LogP contribution in [0.25, 0.3) is 22.2 Å². The van der Waals surface area contributed by atoms with Gasteiger partial charge in [-0.2, -0.15) is 9.97 Å². The summed E-state index contributed by atoms with van der Waals surface area (Å²) in [5, 5.41) is 5.14. The molecule has 10 heteroatoms. The Morgan fingerprint density at radius 1 is 1.23 bits per heavy atom. The maximum atomic E-state index is 11.6. The minimum atomic E-state index is -0.389. The fraction of sp³-hybridized carbons (Fsp3) is 0.250. The molecule has 0 saturated heterocycles. The van der Waals surface area contributed by atoms with Crippen LogP contribution in [0.4, 0.5) is 5.95 Å². The van der Waals surface area contributed by atoms with Crippen LogP contribution in [0, 0.1) is 0 Å². The summed E-state index contributed by atoms with van der Waals surface area (Å²) in [6.07, 6.45) is 0.146. The highest BCUT2D eigenvalue weighted by molar-refractivity contribution is 7.99. The lowest BCUT2D eigenvalue weighted by Gasteiger charge is -2.20. The molecule has 0 bridgehead atoms. The second-order valence-electron chi connectivity index (χ2n) is 6.73. The van der Waals surface area contributed by atoms with Crippen LogP contribution in [0.1, 0.15) is 24.5 Å². The molecule has 30 heavy (non-hydrogen) atoms. The number of nitrogens with zero attached hydrogens (tertiary/aromatic N) is 3. The molecule has 4 rings (SSSR count). The third-order valence-electron chi connectivity index (χ3n) is 4.53. The van der Waals surface area contributed by atoms with Gasteiger partial charge >= 0.3 is 0 Å². The number of ether oxygens (including phenoxy) is 1. The molecular weight excluding hydrogens is 426 g/mol. The predicted molar refractivity (Wildman–Crippen MR) is 115 cm³/mol. The summed E-state index contributed by atoms with van der Waals surface area (Å²) in [5.41, 5.74) is 8.71. The second-order valence-corrected chi connectivity index (χ2v) is 8.20. The molecule has 0 radical (unpaired) electrons. The van der Waals surface area contributed by atoms with Crippen molar-refractivity contribution in [3.63, 3.8) is 0 Å². The highest BCUT2D eigenvalue weighted by Crippen LogP contribution is 2.39. The molecule has 154 valence electrons. The van der Waals surface area contributed by atoms with E-state index in [1.807, 2.05) is 24.3 Å². The zero-order valence-corrected chi connectivity index (χ0v) is 17.6. The van der Waals surface area contributed by atoms with Crippen LogP contribution >= 0.6 is 23.4 Å². The number of hydrogen-bond acceptors (Lipinski definition) is 8. The Hall–Kier alpha value is -2.75. The highest BCUT2D eigenvalue weighted by atomic mass is 35.5. The summed E-state index contributed by atoms with van der Waals surface area (Å²) < 4.78 is 5.64. The van der Waals surface area contributed by atoms with E-state index in [1.165, 1.54) is 18.7 Å². The zero-order chi connectivity index (χ0) is 21.3. The first-order valence-corrected chi connectivity index (χ1v) is 10.5. The monoisotopic (exact) mass is 443 g/mol. The molecule has 8 nitrogen and oxygen atoms in total. The molecule has 0 aliphatic carbocycles. The van der Waals surface area contributed by atoms with Gasteiger partial charge in [0.05, 0.1) is 18.2 Å². The number of benzene rings is 2. The lowest BCUT2D eigenvalue weighted by molar-refractivity contribution is -0.128. The lowest BCUT2D eigenvalue weighted by Crippen LogP contribution is -2.28. The Morgan fingerprint density at radius 2 is 2.03 bits per heavy atom. The van der Waals surface area contributed by atoms with Crippen molar-refractivity contribution in [3.8, 4) is 11.4 Å². The van der Waals surface area contributed by atoms with Gasteiger partial charge in [-0.25, -0.2) is 4.98 Å². The van der Waals surface area contributed by atoms with Crippen LogP contribution in [-0.2, 0) is 27.5 Å². The molecule has 0 spiro atoms. The maximum Gasteiger partial charge on any atom is 0.227 e. The van der Waals surface area contributed by atoms with E-state index in [0.717, 1.165) is 21.9 Å². The fourth-order valence-corrected chi connectivity index (χ4v) is 4.49. The molecule has 3 aromatic rings. The van der Waals surface area contributed by atoms with Crippen LogP contribution in [-0.4, -0.2) is 32.5 Å². The number of anilines is 1. The van der Waals surface area contributed by atoms with E-state index in [1.54, 1.807) is 0 Å². The number of hydrogen-bond donors (Lipinski definition) is 2. The summed E-state index contributed by atoms with van der Waals surface area (Å²) in [6.45, 7) is 2.32. The van der Waals surface area contributed by atoms with Gasteiger partial charge in [-0.05, 0) is 28.0 Å². The number of imide groups is 1. The fourth-order valence-electron chi connectivity index (χ4n) is 3.39. The van der Waals surface area contributed by atoms with Crippen LogP contribution in [0.2, 0.25) is 5.02 Å². The smallest absolute Gasteiger partial charge is 0.227 e. The van der Waals surface area contributed by atoms with Gasteiger partial charge in [-0.3, -0.25) is 14.9 Å². The van der Waals surface area contributed by atoms with Gasteiger partial charge in [-0.15, -0.1) is 0 Å². The van der Waals surface area contributed by atoms with Gasteiger partial charge in [0.2, 0.25) is 17.8 Å². The molecule has 0 fully saturated rings. The van der Waals surface area contributed by atoms with Crippen molar-refractivity contribution in [3.05, 3.63) is 40.4 Å². The van der Waals surface area contributed by atoms with Crippen LogP contribution in [0.5, 0.6) is 0 Å². The maximum absolute atomic E-state index is 11.6. The van der Waals surface area contributed by atoms with Crippen molar-refractivity contribution < 1.29 is 14.3 Å². The van der Waals surface area contributed by atoms with Crippen LogP contribution < -0.4 is 11.1 Å². The van der Waals surface area contributed by atoms with E-state index in [4.69, 9.17) is 22.1 Å². The third kappa shape index (κ3) is 4.23. The van der Waals surface area contributed by atoms with Crippen molar-refractivity contribution in [1.82, 2.24) is 20.3 Å². The van der Waals surface area contributed by atoms with Crippen molar-refractivity contribution in [2.75, 3.05) is 11.5 Å². The van der Waals surface area contributed by atoms with Crippen molar-refractivity contribution >= 4 is 51.9 Å². The first-order chi connectivity index (χ1) is 14.4. The largest absolute Gasteiger partial charge is 0.372 e. The number of nitrogens with one attached hydrogen (secondary N) is 1. The highest BCUT2D eigenvalue weighted by Gasteiger charge is 2.21. The summed E-state index contributed by atoms with van der Waals surface area (Å²) in [7, 11) is 0. The Kier molecular flexibility index (Phi) is 5.85. The number of carbonyl (C=O) groups is 2. The van der Waals surface area contributed by atoms with E-state index in [9.17, 15) is 9.59 Å². The first-order valence-electron chi connectivity index (χ1n) is 9.18. The molecule has 0 unspecified atom stereocenters. The van der Waals surface area contributed by atoms with Crippen molar-refractivity contribution in [1.29, 1.82) is 0 Å². The molecule has 2 amide bonds. The van der Waals surface area contributed by atoms with Crippen molar-refractivity contribution in [2.24, 2.45) is 0 Å². The third-order valence-corrected chi connectivity index (χ3v) is 5.67. The molecule has 1 aliphatic heterocycles. The molecule has 1 aliphatic rings. The topological polar surface area (TPSA) is 120 Å². The molecular formula is C20H18ClN5O3S. The van der Waals surface area contributed by atoms with Gasteiger partial charge in [0.15, 0.2) is 11.0 Å². The van der Waals surface area contributed by atoms with Crippen molar-refractivity contribution in [2.45, 2.75) is 31.7 Å². The second kappa shape index (κ2) is 8.55. The number of nitrogens with two attached hydrogens (primary N) is 1. The average molecular weight is 444 g/mol. The van der Waals surface area contributed by atoms with Crippen LogP contribution in [0.15, 0.2) is 29.4 Å². The molecule has 0 saturated carbocycles. The van der Waals surface area contributed by atoms with Gasteiger partial charge in [0, 0.05) is 24.7 Å². The quantitative estimate of drug-likeness (QED) is 0.577. The number of rotatable bonds is 5. The standard InChI is InChI=1S/C20H18ClN5O3S/c1-10(27)23-15(28)5-6-30-20-25-18(24-19(22)26-20)17-13-4-2-3-11-8-29-9-12(16(11)13)7-14(17)21/h2-4,7H,5-6,8-9H2,1H3,(H,23,27,28)(H2,22,24,25,26). The van der Waals surface area contributed by atoms with E-state index < -0.39 is 0 Å².